The van der Waals surface area contributed by atoms with Gasteiger partial charge in [-0.1, -0.05) is 206 Å². The van der Waals surface area contributed by atoms with Crippen molar-refractivity contribution in [1.82, 2.24) is 5.32 Å². The van der Waals surface area contributed by atoms with Crippen LogP contribution in [0, 0.1) is 0 Å². The lowest BCUT2D eigenvalue weighted by molar-refractivity contribution is -0.870. The van der Waals surface area contributed by atoms with Gasteiger partial charge in [0.15, 0.2) is 0 Å². The Labute approximate surface area is 354 Å². The average Bonchev–Trinajstić information content (AvgIpc) is 3.16. The normalized spacial score (nSPS) is 14.3. The zero-order valence-electron chi connectivity index (χ0n) is 38.6. The second-order valence-electron chi connectivity index (χ2n) is 18.2. The SMILES string of the molecule is CCCCCCCC/C=C\CCCCCC(=O)NC(COP(=O)(O)OCC[N+](C)(C)C)C(O)CCCCCCCCCCCCCCCCCCCCCCCC. The van der Waals surface area contributed by atoms with Gasteiger partial charge in [-0.2, -0.15) is 0 Å². The second-order valence-corrected chi connectivity index (χ2v) is 19.6. The Morgan fingerprint density at radius 2 is 0.947 bits per heavy atom. The molecule has 0 heterocycles. The van der Waals surface area contributed by atoms with Crippen molar-refractivity contribution in [2.45, 2.75) is 251 Å². The molecule has 3 atom stereocenters. The van der Waals surface area contributed by atoms with E-state index in [9.17, 15) is 19.4 Å². The number of likely N-dealkylation sites (N-methyl/N-ethyl adjacent to an activating group) is 1. The highest BCUT2D eigenvalue weighted by atomic mass is 31.2. The van der Waals surface area contributed by atoms with Crippen LogP contribution < -0.4 is 5.32 Å². The lowest BCUT2D eigenvalue weighted by atomic mass is 10.0. The van der Waals surface area contributed by atoms with Crippen molar-refractivity contribution in [2.24, 2.45) is 0 Å². The maximum Gasteiger partial charge on any atom is 0.472 e. The summed E-state index contributed by atoms with van der Waals surface area (Å²) in [5.74, 6) is -0.158. The topological polar surface area (TPSA) is 105 Å². The minimum atomic E-state index is -4.32. The summed E-state index contributed by atoms with van der Waals surface area (Å²) in [6.07, 6.45) is 46.8. The molecule has 0 aromatic rings. The fourth-order valence-electron chi connectivity index (χ4n) is 7.34. The molecule has 0 aromatic heterocycles. The van der Waals surface area contributed by atoms with Gasteiger partial charge >= 0.3 is 7.82 Å². The van der Waals surface area contributed by atoms with Crippen LogP contribution in [-0.2, 0) is 18.4 Å². The van der Waals surface area contributed by atoms with Crippen LogP contribution >= 0.6 is 7.82 Å². The quantitative estimate of drug-likeness (QED) is 0.0244. The zero-order valence-corrected chi connectivity index (χ0v) is 39.5. The molecule has 0 saturated carbocycles. The van der Waals surface area contributed by atoms with Gasteiger partial charge in [-0.25, -0.2) is 4.57 Å². The number of unbranched alkanes of at least 4 members (excludes halogenated alkanes) is 30. The highest BCUT2D eigenvalue weighted by molar-refractivity contribution is 7.47. The van der Waals surface area contributed by atoms with E-state index in [0.717, 1.165) is 51.4 Å². The number of carbonyl (C=O) groups is 1. The predicted molar refractivity (Wildman–Crippen MR) is 245 cm³/mol. The van der Waals surface area contributed by atoms with Crippen LogP contribution in [0.4, 0.5) is 0 Å². The van der Waals surface area contributed by atoms with Gasteiger partial charge in [0.25, 0.3) is 0 Å². The lowest BCUT2D eigenvalue weighted by Crippen LogP contribution is -2.46. The molecular weight excluding hydrogens is 732 g/mol. The second kappa shape index (κ2) is 40.6. The molecule has 0 saturated heterocycles. The Bertz CT molecular complexity index is 942. The van der Waals surface area contributed by atoms with E-state index in [1.54, 1.807) is 0 Å². The summed E-state index contributed by atoms with van der Waals surface area (Å²) in [6.45, 7) is 4.89. The number of rotatable bonds is 45. The van der Waals surface area contributed by atoms with Crippen molar-refractivity contribution in [3.8, 4) is 0 Å². The molecule has 0 radical (unpaired) electrons. The van der Waals surface area contributed by atoms with E-state index in [0.29, 0.717) is 23.9 Å². The molecule has 0 aromatic carbocycles. The van der Waals surface area contributed by atoms with Crippen molar-refractivity contribution < 1.29 is 32.9 Å². The number of aliphatic hydroxyl groups excluding tert-OH is 1. The summed E-state index contributed by atoms with van der Waals surface area (Å²) in [6, 6.07) is -0.764. The predicted octanol–water partition coefficient (Wildman–Crippen LogP) is 13.9. The minimum Gasteiger partial charge on any atom is -0.391 e. The molecule has 0 aliphatic rings. The third-order valence-electron chi connectivity index (χ3n) is 11.3. The van der Waals surface area contributed by atoms with Crippen LogP contribution in [0.5, 0.6) is 0 Å². The molecular formula is C48H98N2O6P+. The number of nitrogens with zero attached hydrogens (tertiary/aromatic N) is 1. The van der Waals surface area contributed by atoms with Gasteiger partial charge in [0.05, 0.1) is 39.9 Å². The summed E-state index contributed by atoms with van der Waals surface area (Å²) < 4.78 is 23.7. The number of nitrogens with one attached hydrogen (secondary N) is 1. The number of hydrogen-bond acceptors (Lipinski definition) is 5. The summed E-state index contributed by atoms with van der Waals surface area (Å²) in [7, 11) is 1.61. The maximum absolute atomic E-state index is 12.9. The first-order valence-corrected chi connectivity index (χ1v) is 26.0. The number of phosphoric acid groups is 1. The third kappa shape index (κ3) is 43.1. The van der Waals surface area contributed by atoms with Gasteiger partial charge < -0.3 is 19.8 Å². The molecule has 0 bridgehead atoms. The zero-order chi connectivity index (χ0) is 42.1. The van der Waals surface area contributed by atoms with E-state index in [4.69, 9.17) is 9.05 Å². The molecule has 3 unspecified atom stereocenters. The number of hydrogen-bond donors (Lipinski definition) is 3. The number of quaternary nitrogens is 1. The molecule has 8 nitrogen and oxygen atoms in total. The van der Waals surface area contributed by atoms with Crippen LogP contribution in [0.15, 0.2) is 12.2 Å². The van der Waals surface area contributed by atoms with Crippen LogP contribution in [-0.4, -0.2) is 73.4 Å². The first kappa shape index (κ1) is 56.2. The van der Waals surface area contributed by atoms with Crippen LogP contribution in [0.3, 0.4) is 0 Å². The largest absolute Gasteiger partial charge is 0.472 e. The first-order chi connectivity index (χ1) is 27.5. The Kier molecular flexibility index (Phi) is 40.1. The molecule has 9 heteroatoms. The molecule has 1 amide bonds. The maximum atomic E-state index is 12.9. The molecule has 0 aliphatic heterocycles. The molecule has 0 rings (SSSR count). The number of aliphatic hydroxyl groups is 1. The molecule has 57 heavy (non-hydrogen) atoms. The van der Waals surface area contributed by atoms with Crippen LogP contribution in [0.25, 0.3) is 0 Å². The molecule has 3 N–H and O–H groups in total. The highest BCUT2D eigenvalue weighted by Crippen LogP contribution is 2.43. The Hall–Kier alpha value is -0.760. The summed E-state index contributed by atoms with van der Waals surface area (Å²) in [5.41, 5.74) is 0. The number of phosphoric ester groups is 1. The lowest BCUT2D eigenvalue weighted by Gasteiger charge is -2.26. The Morgan fingerprint density at radius 1 is 0.579 bits per heavy atom. The third-order valence-corrected chi connectivity index (χ3v) is 12.2. The van der Waals surface area contributed by atoms with Crippen LogP contribution in [0.1, 0.15) is 239 Å². The van der Waals surface area contributed by atoms with Crippen molar-refractivity contribution in [3.05, 3.63) is 12.2 Å². The van der Waals surface area contributed by atoms with Gasteiger partial charge in [-0.05, 0) is 38.5 Å². The molecule has 340 valence electrons. The van der Waals surface area contributed by atoms with E-state index in [-0.39, 0.29) is 19.1 Å². The Balaban J connectivity index is 4.23. The van der Waals surface area contributed by atoms with Gasteiger partial charge in [-0.3, -0.25) is 13.8 Å². The molecule has 0 spiro atoms. The monoisotopic (exact) mass is 830 g/mol. The van der Waals surface area contributed by atoms with E-state index in [1.807, 2.05) is 21.1 Å². The van der Waals surface area contributed by atoms with Gasteiger partial charge in [-0.15, -0.1) is 0 Å². The van der Waals surface area contributed by atoms with E-state index < -0.39 is 20.0 Å². The standard InChI is InChI=1S/C48H97N2O6P/c1-6-8-10-12-14-16-18-20-21-22-23-24-25-26-27-28-30-31-33-35-37-39-41-47(51)46(45-56-57(53,54)55-44-43-50(3,4)5)49-48(52)42-40-38-36-34-32-29-19-17-15-13-11-9-7-2/h29,32,46-47,51H,6-28,30-31,33-45H2,1-5H3,(H-,49,52,53,54)/p+1/b32-29-. The highest BCUT2D eigenvalue weighted by Gasteiger charge is 2.28. The average molecular weight is 830 g/mol. The van der Waals surface area contributed by atoms with Gasteiger partial charge in [0.1, 0.15) is 13.2 Å². The van der Waals surface area contributed by atoms with Crippen molar-refractivity contribution in [2.75, 3.05) is 40.9 Å². The van der Waals surface area contributed by atoms with Crippen molar-refractivity contribution in [3.63, 3.8) is 0 Å². The minimum absolute atomic E-state index is 0.0740. The van der Waals surface area contributed by atoms with Gasteiger partial charge in [0.2, 0.25) is 5.91 Å². The summed E-state index contributed by atoms with van der Waals surface area (Å²) >= 11 is 0. The fourth-order valence-corrected chi connectivity index (χ4v) is 8.07. The molecule has 0 aliphatic carbocycles. The van der Waals surface area contributed by atoms with Crippen molar-refractivity contribution in [1.29, 1.82) is 0 Å². The molecule has 0 fully saturated rings. The van der Waals surface area contributed by atoms with E-state index in [2.05, 4.69) is 31.3 Å². The first-order valence-electron chi connectivity index (χ1n) is 24.6. The fraction of sp³-hybridized carbons (Fsp3) is 0.938. The summed E-state index contributed by atoms with van der Waals surface area (Å²) in [4.78, 5) is 23.2. The number of allylic oxidation sites excluding steroid dienone is 2. The summed E-state index contributed by atoms with van der Waals surface area (Å²) in [5, 5.41) is 14.0. The Morgan fingerprint density at radius 3 is 1.35 bits per heavy atom. The smallest absolute Gasteiger partial charge is 0.391 e. The van der Waals surface area contributed by atoms with Crippen molar-refractivity contribution >= 4 is 13.7 Å². The van der Waals surface area contributed by atoms with Crippen LogP contribution in [0.2, 0.25) is 0 Å². The van der Waals surface area contributed by atoms with Gasteiger partial charge in [0, 0.05) is 6.42 Å². The van der Waals surface area contributed by atoms with E-state index in [1.165, 1.54) is 161 Å². The number of carbonyl (C=O) groups excluding carboxylic acids is 1. The van der Waals surface area contributed by atoms with E-state index >= 15 is 0 Å². The number of amides is 1.